The number of benzene rings is 4. The first kappa shape index (κ1) is 48.9. The number of hydrogen-bond acceptors (Lipinski definition) is 4. The minimum Gasteiger partial charge on any atom is -0.316 e. The van der Waals surface area contributed by atoms with E-state index in [9.17, 15) is 34.4 Å². The van der Waals surface area contributed by atoms with Crippen LogP contribution in [0.25, 0.3) is 0 Å². The van der Waals surface area contributed by atoms with Crippen molar-refractivity contribution in [3.63, 3.8) is 0 Å². The van der Waals surface area contributed by atoms with Crippen molar-refractivity contribution in [2.24, 2.45) is 11.8 Å². The molecule has 6 rings (SSSR count). The largest absolute Gasteiger partial charge is 4.00 e. The molecule has 0 heterocycles. The quantitative estimate of drug-likeness (QED) is 0.0905. The van der Waals surface area contributed by atoms with Crippen LogP contribution in [0.15, 0.2) is 119 Å². The maximum absolute atomic E-state index is 14.1. The van der Waals surface area contributed by atoms with Crippen molar-refractivity contribution >= 4 is 31.4 Å². The molecule has 0 aliphatic heterocycles. The van der Waals surface area contributed by atoms with Crippen molar-refractivity contribution in [2.75, 3.05) is 21.7 Å². The summed E-state index contributed by atoms with van der Waals surface area (Å²) in [5, 5.41) is 0. The molecule has 0 aromatic heterocycles. The minimum atomic E-state index is -3.95. The van der Waals surface area contributed by atoms with Gasteiger partial charge in [-0.25, -0.2) is 58.7 Å². The SMILES string of the molecule is Cc1ccc(S(=O)(=O)N(CC(C)C)c2ccc(F)[c-]c2F)cc1.Cc1ccc(S(=O)(=O)N(CC(C)C)c2ccc(F)[c-]c2F)cc1.[C-]1=CC=CC1.[C-]1=CC=CC1.[Ti+4]. The average Bonchev–Trinajstić information content (AvgIpc) is 3.92. The molecule has 0 N–H and O–H groups in total. The molecule has 300 valence electrons. The van der Waals surface area contributed by atoms with E-state index in [0.717, 1.165) is 56.8 Å². The number of hydrogen-bond donors (Lipinski definition) is 0. The van der Waals surface area contributed by atoms with E-state index < -0.39 is 43.3 Å². The number of aryl methyl sites for hydroxylation is 2. The summed E-state index contributed by atoms with van der Waals surface area (Å²) in [6.45, 7) is 11.1. The Bertz CT molecular complexity index is 2040. The Labute approximate surface area is 351 Å². The monoisotopic (exact) mass is 854 g/mol. The van der Waals surface area contributed by atoms with Gasteiger partial charge in [0.1, 0.15) is 0 Å². The summed E-state index contributed by atoms with van der Waals surface area (Å²) in [7, 11) is -7.90. The second-order valence-corrected chi connectivity index (χ2v) is 17.2. The van der Waals surface area contributed by atoms with Gasteiger partial charge in [-0.15, -0.1) is 49.2 Å². The third kappa shape index (κ3) is 15.2. The van der Waals surface area contributed by atoms with Gasteiger partial charge in [-0.05, 0) is 61.3 Å². The molecule has 4 aromatic carbocycles. The molecular weight excluding hydrogens is 808 g/mol. The Morgan fingerprint density at radius 2 is 0.895 bits per heavy atom. The molecule has 57 heavy (non-hydrogen) atoms. The van der Waals surface area contributed by atoms with Gasteiger partial charge in [0.25, 0.3) is 20.0 Å². The standard InChI is InChI=1S/2C17H18F2NO2S.2C5H5.Ti/c2*1-12(2)11-20(17-9-6-14(18)10-16(17)19)23(21,22)15-7-4-13(3)5-8-15;2*1-2-4-5-3-1;/h2*4-9,12H,11H2,1-3H3;2*1-3H,4H2;/q4*-1;+4. The molecule has 6 nitrogen and oxygen atoms in total. The van der Waals surface area contributed by atoms with Crippen molar-refractivity contribution in [1.29, 1.82) is 0 Å². The minimum absolute atomic E-state index is 0. The van der Waals surface area contributed by atoms with Gasteiger partial charge in [-0.1, -0.05) is 63.1 Å². The van der Waals surface area contributed by atoms with Crippen LogP contribution in [0.4, 0.5) is 28.9 Å². The molecule has 0 unspecified atom stereocenters. The van der Waals surface area contributed by atoms with Crippen molar-refractivity contribution in [2.45, 2.75) is 64.2 Å². The topological polar surface area (TPSA) is 74.8 Å². The third-order valence-corrected chi connectivity index (χ3v) is 11.3. The molecule has 0 bridgehead atoms. The van der Waals surface area contributed by atoms with E-state index in [1.54, 1.807) is 24.3 Å². The van der Waals surface area contributed by atoms with Gasteiger partial charge in [0, 0.05) is 36.4 Å². The molecule has 0 saturated heterocycles. The second kappa shape index (κ2) is 23.2. The molecule has 0 amide bonds. The number of allylic oxidation sites excluding steroid dienone is 8. The Hall–Kier alpha value is -4.23. The maximum atomic E-state index is 14.1. The fourth-order valence-electron chi connectivity index (χ4n) is 4.93. The molecule has 0 spiro atoms. The first-order valence-corrected chi connectivity index (χ1v) is 20.7. The maximum Gasteiger partial charge on any atom is 4.00 e. The number of sulfonamides is 2. The molecular formula is C44H46F4N2O4S2Ti. The molecule has 2 aliphatic rings. The van der Waals surface area contributed by atoms with Crippen LogP contribution in [-0.4, -0.2) is 29.9 Å². The normalized spacial score (nSPS) is 12.6. The van der Waals surface area contributed by atoms with Gasteiger partial charge in [-0.3, -0.25) is 12.2 Å². The Kier molecular flexibility index (Phi) is 20.0. The van der Waals surface area contributed by atoms with Crippen LogP contribution in [0.5, 0.6) is 0 Å². The van der Waals surface area contributed by atoms with Gasteiger partial charge >= 0.3 is 21.7 Å². The van der Waals surface area contributed by atoms with Crippen molar-refractivity contribution < 1.29 is 56.1 Å². The molecule has 0 radical (unpaired) electrons. The van der Waals surface area contributed by atoms with E-state index in [1.165, 1.54) is 24.3 Å². The van der Waals surface area contributed by atoms with Crippen molar-refractivity contribution in [3.8, 4) is 0 Å². The number of rotatable bonds is 10. The van der Waals surface area contributed by atoms with E-state index in [0.29, 0.717) is 0 Å². The fraction of sp³-hybridized carbons (Fsp3) is 0.273. The zero-order valence-electron chi connectivity index (χ0n) is 32.7. The Morgan fingerprint density at radius 1 is 0.561 bits per heavy atom. The molecule has 0 fully saturated rings. The van der Waals surface area contributed by atoms with E-state index >= 15 is 0 Å². The van der Waals surface area contributed by atoms with Gasteiger partial charge in [0.05, 0.1) is 9.79 Å². The summed E-state index contributed by atoms with van der Waals surface area (Å²) < 4.78 is 108. The molecule has 2 aliphatic carbocycles. The van der Waals surface area contributed by atoms with E-state index in [2.05, 4.69) is 24.3 Å². The Balaban J connectivity index is 0.000000310. The summed E-state index contributed by atoms with van der Waals surface area (Å²) in [5.74, 6) is -3.88. The molecule has 0 atom stereocenters. The number of anilines is 2. The smallest absolute Gasteiger partial charge is 0.316 e. The van der Waals surface area contributed by atoms with Crippen LogP contribution in [0.1, 0.15) is 51.7 Å². The Morgan fingerprint density at radius 3 is 1.12 bits per heavy atom. The van der Waals surface area contributed by atoms with Crippen LogP contribution in [0, 0.1) is 73.2 Å². The number of nitrogens with zero attached hydrogens (tertiary/aromatic N) is 2. The van der Waals surface area contributed by atoms with E-state index in [1.807, 2.05) is 78.0 Å². The van der Waals surface area contributed by atoms with E-state index in [-0.39, 0.29) is 67.8 Å². The van der Waals surface area contributed by atoms with Gasteiger partial charge in [-0.2, -0.15) is 12.2 Å². The first-order valence-electron chi connectivity index (χ1n) is 17.8. The molecule has 4 aromatic rings. The summed E-state index contributed by atoms with van der Waals surface area (Å²) >= 11 is 0. The van der Waals surface area contributed by atoms with Crippen LogP contribution >= 0.6 is 0 Å². The van der Waals surface area contributed by atoms with Crippen molar-refractivity contribution in [3.05, 3.63) is 168 Å². The third-order valence-electron chi connectivity index (χ3n) is 7.67. The zero-order chi connectivity index (χ0) is 41.5. The average molecular weight is 855 g/mol. The molecule has 0 saturated carbocycles. The van der Waals surface area contributed by atoms with Crippen LogP contribution in [-0.2, 0) is 41.8 Å². The molecule has 13 heteroatoms. The van der Waals surface area contributed by atoms with Crippen LogP contribution < -0.4 is 8.61 Å². The summed E-state index contributed by atoms with van der Waals surface area (Å²) in [6.07, 6.45) is 20.0. The fourth-order valence-corrected chi connectivity index (χ4v) is 8.19. The van der Waals surface area contributed by atoms with E-state index in [4.69, 9.17) is 0 Å². The predicted molar refractivity (Wildman–Crippen MR) is 215 cm³/mol. The zero-order valence-corrected chi connectivity index (χ0v) is 35.9. The van der Waals surface area contributed by atoms with Gasteiger partial charge < -0.3 is 8.61 Å². The van der Waals surface area contributed by atoms with Gasteiger partial charge in [0.15, 0.2) is 0 Å². The van der Waals surface area contributed by atoms with Crippen LogP contribution in [0.3, 0.4) is 0 Å². The number of halogens is 4. The van der Waals surface area contributed by atoms with Crippen LogP contribution in [0.2, 0.25) is 0 Å². The summed E-state index contributed by atoms with van der Waals surface area (Å²) in [5.41, 5.74) is 1.42. The van der Waals surface area contributed by atoms with Gasteiger partial charge in [0.2, 0.25) is 0 Å². The first-order chi connectivity index (χ1) is 26.4. The summed E-state index contributed by atoms with van der Waals surface area (Å²) in [4.78, 5) is 0.125. The second-order valence-electron chi connectivity index (χ2n) is 13.5. The van der Waals surface area contributed by atoms with Crippen molar-refractivity contribution in [1.82, 2.24) is 0 Å². The predicted octanol–water partition coefficient (Wildman–Crippen LogP) is 10.5. The summed E-state index contributed by atoms with van der Waals surface area (Å²) in [6, 6.07) is 20.6.